The van der Waals surface area contributed by atoms with Gasteiger partial charge in [-0.25, -0.2) is 0 Å². The molecule has 0 radical (unpaired) electrons. The number of hydrogen-bond acceptors (Lipinski definition) is 6. The molecule has 1 saturated heterocycles. The van der Waals surface area contributed by atoms with E-state index >= 15 is 0 Å². The number of anilines is 2. The van der Waals surface area contributed by atoms with Crippen molar-refractivity contribution < 1.29 is 28.6 Å². The third-order valence-corrected chi connectivity index (χ3v) is 5.90. The molecule has 0 aliphatic carbocycles. The van der Waals surface area contributed by atoms with Crippen LogP contribution in [0.15, 0.2) is 66.7 Å². The molecular formula is C28H28N2O6. The van der Waals surface area contributed by atoms with Gasteiger partial charge in [-0.1, -0.05) is 17.7 Å². The standard InChI is InChI=1S/C28H28N2O6/c1-18-4-13-25(19(2)14-18)29-26(31)17-35-28(33)20-15-27(32)30(16-20)21-5-7-23(8-6-21)36-24-11-9-22(34-3)10-12-24/h4-14,20H,15-17H2,1-3H3,(H,29,31)/t20-/m1/s1. The highest BCUT2D eigenvalue weighted by atomic mass is 16.5. The van der Waals surface area contributed by atoms with Crippen molar-refractivity contribution in [3.8, 4) is 17.2 Å². The number of amides is 2. The maximum Gasteiger partial charge on any atom is 0.311 e. The van der Waals surface area contributed by atoms with Crippen molar-refractivity contribution in [2.75, 3.05) is 30.5 Å². The van der Waals surface area contributed by atoms with Gasteiger partial charge in [-0.2, -0.15) is 0 Å². The van der Waals surface area contributed by atoms with Crippen LogP contribution in [0.25, 0.3) is 0 Å². The van der Waals surface area contributed by atoms with E-state index in [9.17, 15) is 14.4 Å². The van der Waals surface area contributed by atoms with E-state index in [1.807, 2.05) is 32.0 Å². The van der Waals surface area contributed by atoms with Crippen molar-refractivity contribution in [3.63, 3.8) is 0 Å². The number of carbonyl (C=O) groups excluding carboxylic acids is 3. The fourth-order valence-corrected chi connectivity index (χ4v) is 3.98. The van der Waals surface area contributed by atoms with E-state index in [2.05, 4.69) is 5.32 Å². The maximum absolute atomic E-state index is 12.6. The molecule has 1 aliphatic rings. The van der Waals surface area contributed by atoms with Crippen LogP contribution in [0, 0.1) is 19.8 Å². The van der Waals surface area contributed by atoms with Gasteiger partial charge in [-0.3, -0.25) is 14.4 Å². The fraction of sp³-hybridized carbons (Fsp3) is 0.250. The summed E-state index contributed by atoms with van der Waals surface area (Å²) >= 11 is 0. The molecule has 1 heterocycles. The number of methoxy groups -OCH3 is 1. The van der Waals surface area contributed by atoms with Crippen molar-refractivity contribution in [2.45, 2.75) is 20.3 Å². The van der Waals surface area contributed by atoms with Crippen LogP contribution in [0.1, 0.15) is 17.5 Å². The van der Waals surface area contributed by atoms with E-state index in [0.29, 0.717) is 22.9 Å². The zero-order chi connectivity index (χ0) is 25.7. The van der Waals surface area contributed by atoms with Crippen molar-refractivity contribution >= 4 is 29.2 Å². The lowest BCUT2D eigenvalue weighted by atomic mass is 10.1. The molecular weight excluding hydrogens is 460 g/mol. The molecule has 2 amide bonds. The van der Waals surface area contributed by atoms with Crippen LogP contribution >= 0.6 is 0 Å². The van der Waals surface area contributed by atoms with Gasteiger partial charge in [0.15, 0.2) is 6.61 Å². The number of ether oxygens (including phenoxy) is 3. The Morgan fingerprint density at radius 2 is 1.58 bits per heavy atom. The summed E-state index contributed by atoms with van der Waals surface area (Å²) in [7, 11) is 1.60. The molecule has 8 nitrogen and oxygen atoms in total. The van der Waals surface area contributed by atoms with E-state index in [-0.39, 0.29) is 18.9 Å². The van der Waals surface area contributed by atoms with Gasteiger partial charge in [0.1, 0.15) is 17.2 Å². The molecule has 0 unspecified atom stereocenters. The quantitative estimate of drug-likeness (QED) is 0.465. The lowest BCUT2D eigenvalue weighted by Gasteiger charge is -2.17. The molecule has 1 N–H and O–H groups in total. The lowest BCUT2D eigenvalue weighted by Crippen LogP contribution is -2.28. The summed E-state index contributed by atoms with van der Waals surface area (Å²) in [5.41, 5.74) is 3.34. The van der Waals surface area contributed by atoms with Gasteiger partial charge < -0.3 is 24.4 Å². The summed E-state index contributed by atoms with van der Waals surface area (Å²) < 4.78 is 16.2. The second-order valence-corrected chi connectivity index (χ2v) is 8.65. The van der Waals surface area contributed by atoms with Crippen LogP contribution < -0.4 is 19.7 Å². The fourth-order valence-electron chi connectivity index (χ4n) is 3.98. The van der Waals surface area contributed by atoms with Crippen LogP contribution in [0.4, 0.5) is 11.4 Å². The van der Waals surface area contributed by atoms with Crippen molar-refractivity contribution in [3.05, 3.63) is 77.9 Å². The van der Waals surface area contributed by atoms with E-state index in [1.54, 1.807) is 60.5 Å². The number of nitrogens with one attached hydrogen (secondary N) is 1. The van der Waals surface area contributed by atoms with E-state index < -0.39 is 24.4 Å². The first-order valence-electron chi connectivity index (χ1n) is 11.6. The Kier molecular flexibility index (Phi) is 7.53. The minimum absolute atomic E-state index is 0.0294. The summed E-state index contributed by atoms with van der Waals surface area (Å²) in [4.78, 5) is 38.9. The maximum atomic E-state index is 12.6. The van der Waals surface area contributed by atoms with Crippen LogP contribution in [0.5, 0.6) is 17.2 Å². The first-order chi connectivity index (χ1) is 17.3. The highest BCUT2D eigenvalue weighted by Gasteiger charge is 2.36. The molecule has 1 fully saturated rings. The first kappa shape index (κ1) is 24.8. The van der Waals surface area contributed by atoms with Gasteiger partial charge in [0.2, 0.25) is 5.91 Å². The SMILES string of the molecule is COc1ccc(Oc2ccc(N3C[C@H](C(=O)OCC(=O)Nc4ccc(C)cc4C)CC3=O)cc2)cc1. The zero-order valence-electron chi connectivity index (χ0n) is 20.4. The summed E-state index contributed by atoms with van der Waals surface area (Å²) in [5.74, 6) is 0.194. The first-order valence-corrected chi connectivity index (χ1v) is 11.6. The lowest BCUT2D eigenvalue weighted by molar-refractivity contribution is -0.151. The molecule has 36 heavy (non-hydrogen) atoms. The van der Waals surface area contributed by atoms with Crippen LogP contribution in [0.3, 0.4) is 0 Å². The van der Waals surface area contributed by atoms with Gasteiger partial charge in [0.25, 0.3) is 5.91 Å². The number of aryl methyl sites for hydroxylation is 2. The predicted octanol–water partition coefficient (Wildman–Crippen LogP) is 4.64. The molecule has 0 saturated carbocycles. The Hall–Kier alpha value is -4.33. The van der Waals surface area contributed by atoms with Gasteiger partial charge in [-0.05, 0) is 74.0 Å². The average molecular weight is 489 g/mol. The Morgan fingerprint density at radius 3 is 2.22 bits per heavy atom. The normalized spacial score (nSPS) is 14.9. The topological polar surface area (TPSA) is 94.2 Å². The number of hydrogen-bond donors (Lipinski definition) is 1. The van der Waals surface area contributed by atoms with Crippen LogP contribution in [-0.4, -0.2) is 38.0 Å². The summed E-state index contributed by atoms with van der Waals surface area (Å²) in [6.07, 6.45) is 0.0294. The van der Waals surface area contributed by atoms with E-state index in [4.69, 9.17) is 14.2 Å². The Labute approximate surface area is 209 Å². The van der Waals surface area contributed by atoms with Crippen LogP contribution in [0.2, 0.25) is 0 Å². The second kappa shape index (κ2) is 10.9. The van der Waals surface area contributed by atoms with Crippen LogP contribution in [-0.2, 0) is 19.1 Å². The number of rotatable bonds is 8. The molecule has 3 aromatic carbocycles. The predicted molar refractivity (Wildman–Crippen MR) is 135 cm³/mol. The molecule has 4 rings (SSSR count). The van der Waals surface area contributed by atoms with Crippen molar-refractivity contribution in [1.29, 1.82) is 0 Å². The van der Waals surface area contributed by atoms with E-state index in [1.165, 1.54) is 0 Å². The third-order valence-electron chi connectivity index (χ3n) is 5.90. The molecule has 1 atom stereocenters. The number of esters is 1. The number of carbonyl (C=O) groups is 3. The molecule has 0 bridgehead atoms. The highest BCUT2D eigenvalue weighted by molar-refractivity contribution is 6.00. The Morgan fingerprint density at radius 1 is 0.944 bits per heavy atom. The highest BCUT2D eigenvalue weighted by Crippen LogP contribution is 2.29. The second-order valence-electron chi connectivity index (χ2n) is 8.65. The minimum Gasteiger partial charge on any atom is -0.497 e. The number of nitrogens with zero attached hydrogens (tertiary/aromatic N) is 1. The summed E-state index contributed by atoms with van der Waals surface area (Å²) in [6.45, 7) is 3.64. The minimum atomic E-state index is -0.637. The van der Waals surface area contributed by atoms with Crippen molar-refractivity contribution in [2.24, 2.45) is 5.92 Å². The Balaban J connectivity index is 1.29. The third kappa shape index (κ3) is 6.02. The molecule has 0 spiro atoms. The molecule has 3 aromatic rings. The molecule has 186 valence electrons. The smallest absolute Gasteiger partial charge is 0.311 e. The van der Waals surface area contributed by atoms with Crippen molar-refractivity contribution in [1.82, 2.24) is 0 Å². The van der Waals surface area contributed by atoms with Gasteiger partial charge in [0.05, 0.1) is 13.0 Å². The Bertz CT molecular complexity index is 1250. The van der Waals surface area contributed by atoms with Gasteiger partial charge in [0, 0.05) is 24.3 Å². The number of benzene rings is 3. The summed E-state index contributed by atoms with van der Waals surface area (Å²) in [5, 5.41) is 2.74. The largest absolute Gasteiger partial charge is 0.497 e. The van der Waals surface area contributed by atoms with Gasteiger partial charge in [-0.15, -0.1) is 0 Å². The monoisotopic (exact) mass is 488 g/mol. The molecule has 0 aromatic heterocycles. The van der Waals surface area contributed by atoms with Gasteiger partial charge >= 0.3 is 5.97 Å². The van der Waals surface area contributed by atoms with E-state index in [0.717, 1.165) is 16.9 Å². The molecule has 1 aliphatic heterocycles. The average Bonchev–Trinajstić information content (AvgIpc) is 3.27. The summed E-state index contributed by atoms with van der Waals surface area (Å²) in [6, 6.07) is 19.9. The zero-order valence-corrected chi connectivity index (χ0v) is 20.4. The molecule has 8 heteroatoms.